The third-order valence-electron chi connectivity index (χ3n) is 4.03. The Morgan fingerprint density at radius 2 is 2.05 bits per heavy atom. The topological polar surface area (TPSA) is 29.9 Å². The van der Waals surface area contributed by atoms with Gasteiger partial charge in [0.2, 0.25) is 5.95 Å². The first-order valence-electron chi connectivity index (χ1n) is 6.99. The molecule has 3 heteroatoms. The van der Waals surface area contributed by atoms with Crippen LogP contribution < -0.4 is 5.32 Å². The predicted molar refractivity (Wildman–Crippen MR) is 78.6 cm³/mol. The van der Waals surface area contributed by atoms with Gasteiger partial charge in [0.25, 0.3) is 0 Å². The van der Waals surface area contributed by atoms with E-state index in [1.807, 2.05) is 24.4 Å². The number of imidazole rings is 1. The van der Waals surface area contributed by atoms with Crippen molar-refractivity contribution in [3.63, 3.8) is 0 Å². The van der Waals surface area contributed by atoms with Crippen LogP contribution in [0.15, 0.2) is 42.7 Å². The molecule has 1 atom stereocenters. The lowest BCUT2D eigenvalue weighted by atomic mass is 9.92. The monoisotopic (exact) mass is 255 g/mol. The molecule has 1 saturated carbocycles. The molecule has 1 aromatic carbocycles. The maximum Gasteiger partial charge on any atom is 0.207 e. The van der Waals surface area contributed by atoms with E-state index in [0.29, 0.717) is 11.5 Å². The van der Waals surface area contributed by atoms with Gasteiger partial charge in [-0.15, -0.1) is 0 Å². The summed E-state index contributed by atoms with van der Waals surface area (Å²) >= 11 is 0. The summed E-state index contributed by atoms with van der Waals surface area (Å²) in [6.45, 7) is 4.71. The van der Waals surface area contributed by atoms with Crippen LogP contribution in [0, 0.1) is 5.41 Å². The fourth-order valence-electron chi connectivity index (χ4n) is 2.99. The van der Waals surface area contributed by atoms with E-state index in [-0.39, 0.29) is 0 Å². The molecule has 1 heterocycles. The summed E-state index contributed by atoms with van der Waals surface area (Å²) in [5, 5.41) is 3.41. The molecule has 0 amide bonds. The van der Waals surface area contributed by atoms with Gasteiger partial charge < -0.3 is 9.88 Å². The summed E-state index contributed by atoms with van der Waals surface area (Å²) in [7, 11) is 0. The Morgan fingerprint density at radius 3 is 2.74 bits per heavy atom. The lowest BCUT2D eigenvalue weighted by molar-refractivity contribution is 0.359. The zero-order chi connectivity index (χ0) is 13.3. The Bertz CT molecular complexity index is 542. The predicted octanol–water partition coefficient (Wildman–Crippen LogP) is 4.38. The molecule has 1 unspecified atom stereocenters. The number of benzene rings is 1. The summed E-state index contributed by atoms with van der Waals surface area (Å²) < 4.78 is 2.29. The van der Waals surface area contributed by atoms with E-state index >= 15 is 0 Å². The van der Waals surface area contributed by atoms with Crippen molar-refractivity contribution in [2.75, 3.05) is 5.32 Å². The van der Waals surface area contributed by atoms with Crippen LogP contribution in [0.5, 0.6) is 0 Å². The van der Waals surface area contributed by atoms with Crippen molar-refractivity contribution in [2.45, 2.75) is 39.2 Å². The average molecular weight is 255 g/mol. The van der Waals surface area contributed by atoms with Crippen molar-refractivity contribution in [3.8, 4) is 0 Å². The molecule has 100 valence electrons. The summed E-state index contributed by atoms with van der Waals surface area (Å²) in [6.07, 6.45) is 7.74. The SMILES string of the molecule is CC1(C)CCC(n2ccnc2Nc2ccccc2)C1. The van der Waals surface area contributed by atoms with Crippen LogP contribution in [-0.2, 0) is 0 Å². The van der Waals surface area contributed by atoms with Crippen LogP contribution in [0.2, 0.25) is 0 Å². The second-order valence-electron chi connectivity index (χ2n) is 6.21. The highest BCUT2D eigenvalue weighted by Gasteiger charge is 2.32. The minimum atomic E-state index is 0.457. The van der Waals surface area contributed by atoms with Crippen LogP contribution in [0.3, 0.4) is 0 Å². The molecule has 0 spiro atoms. The van der Waals surface area contributed by atoms with Gasteiger partial charge in [-0.2, -0.15) is 0 Å². The number of nitrogens with one attached hydrogen (secondary N) is 1. The maximum absolute atomic E-state index is 4.46. The summed E-state index contributed by atoms with van der Waals surface area (Å²) in [5.41, 5.74) is 1.55. The van der Waals surface area contributed by atoms with Gasteiger partial charge in [-0.25, -0.2) is 4.98 Å². The molecule has 19 heavy (non-hydrogen) atoms. The molecule has 1 aromatic heterocycles. The fourth-order valence-corrected chi connectivity index (χ4v) is 2.99. The molecular formula is C16H21N3. The smallest absolute Gasteiger partial charge is 0.207 e. The number of hydrogen-bond acceptors (Lipinski definition) is 2. The van der Waals surface area contributed by atoms with Crippen LogP contribution in [0.4, 0.5) is 11.6 Å². The van der Waals surface area contributed by atoms with Crippen LogP contribution >= 0.6 is 0 Å². The average Bonchev–Trinajstić information content (AvgIpc) is 2.97. The highest BCUT2D eigenvalue weighted by molar-refractivity contribution is 5.53. The first-order chi connectivity index (χ1) is 9.14. The van der Waals surface area contributed by atoms with Gasteiger partial charge in [0.05, 0.1) is 0 Å². The van der Waals surface area contributed by atoms with E-state index in [1.165, 1.54) is 19.3 Å². The maximum atomic E-state index is 4.46. The largest absolute Gasteiger partial charge is 0.326 e. The molecule has 3 nitrogen and oxygen atoms in total. The van der Waals surface area contributed by atoms with Gasteiger partial charge in [0, 0.05) is 24.1 Å². The minimum absolute atomic E-state index is 0.457. The second-order valence-corrected chi connectivity index (χ2v) is 6.21. The summed E-state index contributed by atoms with van der Waals surface area (Å²) in [4.78, 5) is 4.46. The Kier molecular flexibility index (Phi) is 3.05. The Labute approximate surface area is 114 Å². The lowest BCUT2D eigenvalue weighted by Gasteiger charge is -2.19. The summed E-state index contributed by atoms with van der Waals surface area (Å²) in [5.74, 6) is 0.953. The second kappa shape index (κ2) is 4.72. The number of aromatic nitrogens is 2. The van der Waals surface area contributed by atoms with Crippen molar-refractivity contribution in [1.82, 2.24) is 9.55 Å². The van der Waals surface area contributed by atoms with Crippen molar-refractivity contribution in [2.24, 2.45) is 5.41 Å². The number of anilines is 2. The normalized spacial score (nSPS) is 21.5. The van der Waals surface area contributed by atoms with Crippen molar-refractivity contribution in [3.05, 3.63) is 42.7 Å². The first-order valence-corrected chi connectivity index (χ1v) is 6.99. The number of nitrogens with zero attached hydrogens (tertiary/aromatic N) is 2. The van der Waals surface area contributed by atoms with Crippen LogP contribution in [0.1, 0.15) is 39.2 Å². The van der Waals surface area contributed by atoms with Crippen LogP contribution in [-0.4, -0.2) is 9.55 Å². The highest BCUT2D eigenvalue weighted by Crippen LogP contribution is 2.44. The zero-order valence-electron chi connectivity index (χ0n) is 11.6. The number of para-hydroxylation sites is 1. The van der Waals surface area contributed by atoms with Crippen molar-refractivity contribution < 1.29 is 0 Å². The zero-order valence-corrected chi connectivity index (χ0v) is 11.6. The van der Waals surface area contributed by atoms with Crippen molar-refractivity contribution >= 4 is 11.6 Å². The number of hydrogen-bond donors (Lipinski definition) is 1. The van der Waals surface area contributed by atoms with Gasteiger partial charge in [-0.1, -0.05) is 32.0 Å². The van der Waals surface area contributed by atoms with Gasteiger partial charge in [-0.3, -0.25) is 0 Å². The fraction of sp³-hybridized carbons (Fsp3) is 0.438. The molecule has 0 saturated heterocycles. The van der Waals surface area contributed by atoms with Gasteiger partial charge >= 0.3 is 0 Å². The van der Waals surface area contributed by atoms with E-state index in [4.69, 9.17) is 0 Å². The molecule has 1 N–H and O–H groups in total. The van der Waals surface area contributed by atoms with E-state index in [9.17, 15) is 0 Å². The molecule has 0 radical (unpaired) electrons. The highest BCUT2D eigenvalue weighted by atomic mass is 15.2. The molecule has 0 aliphatic heterocycles. The van der Waals surface area contributed by atoms with Crippen LogP contribution in [0.25, 0.3) is 0 Å². The van der Waals surface area contributed by atoms with Gasteiger partial charge in [0.15, 0.2) is 0 Å². The van der Waals surface area contributed by atoms with E-state index in [1.54, 1.807) is 0 Å². The third-order valence-corrected chi connectivity index (χ3v) is 4.03. The molecule has 3 rings (SSSR count). The van der Waals surface area contributed by atoms with Gasteiger partial charge in [-0.05, 0) is 36.8 Å². The Balaban J connectivity index is 1.80. The lowest BCUT2D eigenvalue weighted by Crippen LogP contribution is -2.11. The van der Waals surface area contributed by atoms with E-state index in [0.717, 1.165) is 11.6 Å². The molecule has 1 fully saturated rings. The van der Waals surface area contributed by atoms with E-state index in [2.05, 4.69) is 47.0 Å². The molecule has 1 aliphatic carbocycles. The van der Waals surface area contributed by atoms with Crippen molar-refractivity contribution in [1.29, 1.82) is 0 Å². The molecule has 0 bridgehead atoms. The molecular weight excluding hydrogens is 234 g/mol. The molecule has 1 aliphatic rings. The Hall–Kier alpha value is -1.77. The Morgan fingerprint density at radius 1 is 1.26 bits per heavy atom. The summed E-state index contributed by atoms with van der Waals surface area (Å²) in [6, 6.07) is 10.8. The standard InChI is InChI=1S/C16H21N3/c1-16(2)9-8-14(12-16)19-11-10-17-15(19)18-13-6-4-3-5-7-13/h3-7,10-11,14H,8-9,12H2,1-2H3,(H,17,18). The number of rotatable bonds is 3. The first kappa shape index (κ1) is 12.3. The molecule has 2 aromatic rings. The van der Waals surface area contributed by atoms with Gasteiger partial charge in [0.1, 0.15) is 0 Å². The van der Waals surface area contributed by atoms with E-state index < -0.39 is 0 Å². The quantitative estimate of drug-likeness (QED) is 0.882. The minimum Gasteiger partial charge on any atom is -0.326 e. The third kappa shape index (κ3) is 2.65.